The molecule has 0 aromatic carbocycles. The molecule has 1 aliphatic carbocycles. The summed E-state index contributed by atoms with van der Waals surface area (Å²) in [7, 11) is 0. The lowest BCUT2D eigenvalue weighted by molar-refractivity contribution is 0.412. The lowest BCUT2D eigenvalue weighted by Crippen LogP contribution is -2.43. The zero-order chi connectivity index (χ0) is 11.1. The molecule has 2 heteroatoms. The minimum atomic E-state index is 0.832. The summed E-state index contributed by atoms with van der Waals surface area (Å²) in [5.41, 5.74) is 0. The van der Waals surface area contributed by atoms with Crippen molar-refractivity contribution in [2.45, 2.75) is 75.5 Å². The Morgan fingerprint density at radius 3 is 2.12 bits per heavy atom. The maximum absolute atomic E-state index is 3.75. The van der Waals surface area contributed by atoms with Crippen molar-refractivity contribution >= 4 is 11.8 Å². The standard InChI is InChI=1S/C14H27NS/c1-2-4-6-8-10-14-13(9-7-5-3-1)15-11-12-16-14/h13-15H,1-12H2. The van der Waals surface area contributed by atoms with Gasteiger partial charge in [0.1, 0.15) is 0 Å². The maximum atomic E-state index is 3.75. The van der Waals surface area contributed by atoms with Gasteiger partial charge in [-0.15, -0.1) is 0 Å². The molecule has 1 saturated carbocycles. The first-order chi connectivity index (χ1) is 7.97. The van der Waals surface area contributed by atoms with Crippen LogP contribution in [0.2, 0.25) is 0 Å². The average molecular weight is 241 g/mol. The first-order valence-corrected chi connectivity index (χ1v) is 8.37. The summed E-state index contributed by atoms with van der Waals surface area (Å²) in [5.74, 6) is 1.33. The van der Waals surface area contributed by atoms with E-state index < -0.39 is 0 Å². The van der Waals surface area contributed by atoms with Gasteiger partial charge in [0.05, 0.1) is 0 Å². The van der Waals surface area contributed by atoms with Crippen LogP contribution in [0.25, 0.3) is 0 Å². The first kappa shape index (κ1) is 12.8. The molecule has 1 aliphatic heterocycles. The van der Waals surface area contributed by atoms with Gasteiger partial charge < -0.3 is 5.32 Å². The summed E-state index contributed by atoms with van der Waals surface area (Å²) in [6, 6.07) is 0.832. The second-order valence-electron chi connectivity index (χ2n) is 5.38. The molecule has 94 valence electrons. The van der Waals surface area contributed by atoms with Gasteiger partial charge in [-0.25, -0.2) is 0 Å². The quantitative estimate of drug-likeness (QED) is 0.688. The second-order valence-corrected chi connectivity index (χ2v) is 6.72. The Balaban J connectivity index is 1.79. The van der Waals surface area contributed by atoms with Crippen molar-refractivity contribution in [3.05, 3.63) is 0 Å². The molecule has 1 heterocycles. The van der Waals surface area contributed by atoms with E-state index in [1.807, 2.05) is 0 Å². The molecule has 16 heavy (non-hydrogen) atoms. The summed E-state index contributed by atoms with van der Waals surface area (Å²) in [5, 5.41) is 4.68. The minimum absolute atomic E-state index is 0.832. The maximum Gasteiger partial charge on any atom is 0.0201 e. The lowest BCUT2D eigenvalue weighted by atomic mass is 9.97. The highest BCUT2D eigenvalue weighted by Gasteiger charge is 2.24. The monoisotopic (exact) mass is 241 g/mol. The Bertz CT molecular complexity index is 164. The number of rotatable bonds is 0. The number of hydrogen-bond donors (Lipinski definition) is 1. The van der Waals surface area contributed by atoms with Gasteiger partial charge in [-0.3, -0.25) is 0 Å². The zero-order valence-corrected chi connectivity index (χ0v) is 11.4. The molecule has 0 aromatic rings. The van der Waals surface area contributed by atoms with Crippen LogP contribution in [0.15, 0.2) is 0 Å². The third kappa shape index (κ3) is 4.29. The number of hydrogen-bond acceptors (Lipinski definition) is 2. The van der Waals surface area contributed by atoms with Crippen LogP contribution >= 0.6 is 11.8 Å². The van der Waals surface area contributed by atoms with Crippen LogP contribution in [0.5, 0.6) is 0 Å². The van der Waals surface area contributed by atoms with Crippen LogP contribution in [0, 0.1) is 0 Å². The fraction of sp³-hybridized carbons (Fsp3) is 1.00. The van der Waals surface area contributed by atoms with Gasteiger partial charge in [-0.1, -0.05) is 51.4 Å². The minimum Gasteiger partial charge on any atom is -0.312 e. The molecule has 1 N–H and O–H groups in total. The van der Waals surface area contributed by atoms with Gasteiger partial charge in [-0.05, 0) is 12.8 Å². The molecule has 2 rings (SSSR count). The van der Waals surface area contributed by atoms with E-state index in [9.17, 15) is 0 Å². The van der Waals surface area contributed by atoms with E-state index in [-0.39, 0.29) is 0 Å². The Morgan fingerprint density at radius 1 is 0.750 bits per heavy atom. The number of thioether (sulfide) groups is 1. The predicted molar refractivity (Wildman–Crippen MR) is 74.2 cm³/mol. The molecule has 1 saturated heterocycles. The fourth-order valence-electron chi connectivity index (χ4n) is 3.05. The van der Waals surface area contributed by atoms with Gasteiger partial charge in [-0.2, -0.15) is 11.8 Å². The van der Waals surface area contributed by atoms with E-state index in [0.717, 1.165) is 11.3 Å². The lowest BCUT2D eigenvalue weighted by Gasteiger charge is -2.32. The van der Waals surface area contributed by atoms with Gasteiger partial charge in [0, 0.05) is 23.6 Å². The van der Waals surface area contributed by atoms with Crippen LogP contribution < -0.4 is 5.32 Å². The van der Waals surface area contributed by atoms with Gasteiger partial charge >= 0.3 is 0 Å². The van der Waals surface area contributed by atoms with Gasteiger partial charge in [0.2, 0.25) is 0 Å². The molecular weight excluding hydrogens is 214 g/mol. The topological polar surface area (TPSA) is 12.0 Å². The molecule has 2 aliphatic rings. The molecule has 0 aromatic heterocycles. The Hall–Kier alpha value is 0.310. The smallest absolute Gasteiger partial charge is 0.0201 e. The third-order valence-corrected chi connectivity index (χ3v) is 5.48. The van der Waals surface area contributed by atoms with Crippen molar-refractivity contribution in [2.24, 2.45) is 0 Å². The van der Waals surface area contributed by atoms with Crippen molar-refractivity contribution in [2.75, 3.05) is 12.3 Å². The Kier molecular flexibility index (Phi) is 6.06. The molecule has 2 atom stereocenters. The molecule has 0 bridgehead atoms. The van der Waals surface area contributed by atoms with Gasteiger partial charge in [0.25, 0.3) is 0 Å². The SMILES string of the molecule is C1CCCCCC2SCCNC2CCCC1. The van der Waals surface area contributed by atoms with Crippen LogP contribution in [-0.2, 0) is 0 Å². The summed E-state index contributed by atoms with van der Waals surface area (Å²) in [4.78, 5) is 0. The van der Waals surface area contributed by atoms with Gasteiger partial charge in [0.15, 0.2) is 0 Å². The largest absolute Gasteiger partial charge is 0.312 e. The normalized spacial score (nSPS) is 34.5. The van der Waals surface area contributed by atoms with Crippen molar-refractivity contribution in [1.29, 1.82) is 0 Å². The highest BCUT2D eigenvalue weighted by molar-refractivity contribution is 8.00. The van der Waals surface area contributed by atoms with Crippen molar-refractivity contribution < 1.29 is 0 Å². The fourth-order valence-corrected chi connectivity index (χ4v) is 4.38. The van der Waals surface area contributed by atoms with Crippen LogP contribution in [0.3, 0.4) is 0 Å². The summed E-state index contributed by atoms with van der Waals surface area (Å²) in [6.07, 6.45) is 14.7. The molecule has 2 fully saturated rings. The second kappa shape index (κ2) is 7.60. The van der Waals surface area contributed by atoms with Crippen LogP contribution in [0.4, 0.5) is 0 Å². The van der Waals surface area contributed by atoms with E-state index in [4.69, 9.17) is 0 Å². The van der Waals surface area contributed by atoms with E-state index in [1.54, 1.807) is 0 Å². The predicted octanol–water partition coefficient (Wildman–Crippen LogP) is 3.97. The Morgan fingerprint density at radius 2 is 1.38 bits per heavy atom. The van der Waals surface area contributed by atoms with Crippen molar-refractivity contribution in [1.82, 2.24) is 5.32 Å². The molecule has 0 radical (unpaired) electrons. The molecule has 1 nitrogen and oxygen atoms in total. The molecule has 2 unspecified atom stereocenters. The molecule has 0 spiro atoms. The van der Waals surface area contributed by atoms with Crippen LogP contribution in [0.1, 0.15) is 64.2 Å². The van der Waals surface area contributed by atoms with Crippen molar-refractivity contribution in [3.63, 3.8) is 0 Å². The average Bonchev–Trinajstić information content (AvgIpc) is 2.30. The highest BCUT2D eigenvalue weighted by atomic mass is 32.2. The zero-order valence-electron chi connectivity index (χ0n) is 10.5. The third-order valence-electron chi connectivity index (χ3n) is 4.04. The summed E-state index contributed by atoms with van der Waals surface area (Å²) < 4.78 is 0. The van der Waals surface area contributed by atoms with Crippen LogP contribution in [-0.4, -0.2) is 23.6 Å². The van der Waals surface area contributed by atoms with E-state index in [1.165, 1.54) is 76.5 Å². The highest BCUT2D eigenvalue weighted by Crippen LogP contribution is 2.28. The van der Waals surface area contributed by atoms with E-state index in [2.05, 4.69) is 17.1 Å². The Labute approximate surface area is 105 Å². The number of nitrogens with one attached hydrogen (secondary N) is 1. The van der Waals surface area contributed by atoms with Crippen molar-refractivity contribution in [3.8, 4) is 0 Å². The first-order valence-electron chi connectivity index (χ1n) is 7.32. The summed E-state index contributed by atoms with van der Waals surface area (Å²) in [6.45, 7) is 1.24. The van der Waals surface area contributed by atoms with E-state index >= 15 is 0 Å². The molecule has 0 amide bonds. The summed E-state index contributed by atoms with van der Waals surface area (Å²) >= 11 is 2.24. The molecular formula is C14H27NS. The number of fused-ring (bicyclic) bond motifs is 1. The van der Waals surface area contributed by atoms with E-state index in [0.29, 0.717) is 0 Å².